The third-order valence-corrected chi connectivity index (χ3v) is 2.38. The van der Waals surface area contributed by atoms with Crippen molar-refractivity contribution in [2.75, 3.05) is 26.7 Å². The molecule has 2 heterocycles. The van der Waals surface area contributed by atoms with Crippen molar-refractivity contribution in [3.05, 3.63) is 0 Å². The van der Waals surface area contributed by atoms with E-state index in [0.717, 1.165) is 6.54 Å². The van der Waals surface area contributed by atoms with Gasteiger partial charge in [-0.05, 0) is 7.05 Å². The molecule has 0 spiro atoms. The van der Waals surface area contributed by atoms with E-state index in [4.69, 9.17) is 0 Å². The van der Waals surface area contributed by atoms with Crippen LogP contribution in [0.5, 0.6) is 0 Å². The fourth-order valence-corrected chi connectivity index (χ4v) is 1.65. The number of carbonyl (C=O) groups is 2. The van der Waals surface area contributed by atoms with Crippen LogP contribution in [0, 0.1) is 0 Å². The number of nitrogens with zero attached hydrogens (tertiary/aromatic N) is 2. The Balaban J connectivity index is 2.17. The summed E-state index contributed by atoms with van der Waals surface area (Å²) in [5, 5.41) is 2.30. The van der Waals surface area contributed by atoms with Crippen molar-refractivity contribution in [1.29, 1.82) is 0 Å². The summed E-state index contributed by atoms with van der Waals surface area (Å²) in [4.78, 5) is 25.9. The second-order valence-electron chi connectivity index (χ2n) is 3.27. The summed E-state index contributed by atoms with van der Waals surface area (Å²) in [6.07, 6.45) is 0. The maximum Gasteiger partial charge on any atom is 0.324 e. The predicted molar refractivity (Wildman–Crippen MR) is 41.5 cm³/mol. The Morgan fingerprint density at radius 3 is 2.92 bits per heavy atom. The highest BCUT2D eigenvalue weighted by molar-refractivity contribution is 6.04. The van der Waals surface area contributed by atoms with E-state index in [9.17, 15) is 9.59 Å². The summed E-state index contributed by atoms with van der Waals surface area (Å²) >= 11 is 0. The van der Waals surface area contributed by atoms with Gasteiger partial charge in [0.25, 0.3) is 5.91 Å². The van der Waals surface area contributed by atoms with Gasteiger partial charge in [0.05, 0.1) is 0 Å². The van der Waals surface area contributed by atoms with E-state index in [0.29, 0.717) is 13.1 Å². The van der Waals surface area contributed by atoms with Crippen LogP contribution in [0.1, 0.15) is 0 Å². The summed E-state index contributed by atoms with van der Waals surface area (Å²) in [6.45, 7) is 2.15. The van der Waals surface area contributed by atoms with Crippen LogP contribution in [0.3, 0.4) is 0 Å². The molecular weight excluding hydrogens is 158 g/mol. The minimum absolute atomic E-state index is 0.161. The smallest absolute Gasteiger partial charge is 0.310 e. The molecule has 1 atom stereocenters. The van der Waals surface area contributed by atoms with Crippen molar-refractivity contribution in [2.45, 2.75) is 6.04 Å². The minimum Gasteiger partial charge on any atom is -0.310 e. The first-order valence-corrected chi connectivity index (χ1v) is 3.98. The molecule has 2 aliphatic heterocycles. The van der Waals surface area contributed by atoms with E-state index in [-0.39, 0.29) is 18.0 Å². The molecule has 0 aliphatic carbocycles. The molecular formula is C7H11N3O2. The number of likely N-dealkylation sites (N-methyl/N-ethyl adjacent to an activating group) is 1. The number of hydrogen-bond acceptors (Lipinski definition) is 3. The van der Waals surface area contributed by atoms with Crippen LogP contribution in [-0.4, -0.2) is 54.5 Å². The topological polar surface area (TPSA) is 52.6 Å². The standard InChI is InChI=1S/C7H11N3O2/c1-9-2-3-10-5(4-9)6(11)8-7(10)12/h5H,2-4H2,1H3,(H,8,11,12). The quantitative estimate of drug-likeness (QED) is 0.466. The average Bonchev–Trinajstić information content (AvgIpc) is 2.28. The molecule has 3 amide bonds. The van der Waals surface area contributed by atoms with Gasteiger partial charge in [0.2, 0.25) is 0 Å². The van der Waals surface area contributed by atoms with Crippen molar-refractivity contribution >= 4 is 11.9 Å². The molecule has 2 fully saturated rings. The number of fused-ring (bicyclic) bond motifs is 1. The van der Waals surface area contributed by atoms with Gasteiger partial charge in [0.1, 0.15) is 6.04 Å². The van der Waals surface area contributed by atoms with Crippen molar-refractivity contribution < 1.29 is 9.59 Å². The monoisotopic (exact) mass is 169 g/mol. The molecule has 2 aliphatic rings. The second-order valence-corrected chi connectivity index (χ2v) is 3.27. The zero-order chi connectivity index (χ0) is 8.72. The van der Waals surface area contributed by atoms with Gasteiger partial charge in [-0.2, -0.15) is 0 Å². The largest absolute Gasteiger partial charge is 0.324 e. The Bertz CT molecular complexity index is 241. The third-order valence-electron chi connectivity index (χ3n) is 2.38. The van der Waals surface area contributed by atoms with E-state index in [2.05, 4.69) is 10.2 Å². The minimum atomic E-state index is -0.253. The molecule has 12 heavy (non-hydrogen) atoms. The first-order valence-electron chi connectivity index (χ1n) is 3.98. The molecule has 0 saturated carbocycles. The summed E-state index contributed by atoms with van der Waals surface area (Å²) in [5.74, 6) is -0.161. The molecule has 0 bridgehead atoms. The zero-order valence-corrected chi connectivity index (χ0v) is 6.91. The molecule has 0 aromatic rings. The lowest BCUT2D eigenvalue weighted by molar-refractivity contribution is -0.122. The second kappa shape index (κ2) is 2.45. The highest BCUT2D eigenvalue weighted by Crippen LogP contribution is 2.13. The maximum absolute atomic E-state index is 11.2. The maximum atomic E-state index is 11.2. The van der Waals surface area contributed by atoms with Gasteiger partial charge in [-0.25, -0.2) is 4.79 Å². The first kappa shape index (κ1) is 7.54. The molecule has 2 saturated heterocycles. The summed E-state index contributed by atoms with van der Waals surface area (Å²) in [5.41, 5.74) is 0. The van der Waals surface area contributed by atoms with Crippen molar-refractivity contribution in [2.24, 2.45) is 0 Å². The van der Waals surface area contributed by atoms with Crippen molar-refractivity contribution in [3.8, 4) is 0 Å². The van der Waals surface area contributed by atoms with Gasteiger partial charge >= 0.3 is 6.03 Å². The molecule has 1 unspecified atom stereocenters. The van der Waals surface area contributed by atoms with Crippen LogP contribution in [0.2, 0.25) is 0 Å². The number of urea groups is 1. The number of hydrogen-bond donors (Lipinski definition) is 1. The number of rotatable bonds is 0. The number of piperazine rings is 1. The fraction of sp³-hybridized carbons (Fsp3) is 0.714. The Kier molecular flexibility index (Phi) is 1.54. The van der Waals surface area contributed by atoms with Crippen LogP contribution < -0.4 is 5.32 Å². The SMILES string of the molecule is CN1CCN2C(=O)NC(=O)C2C1. The number of carbonyl (C=O) groups excluding carboxylic acids is 2. The van der Waals surface area contributed by atoms with Gasteiger partial charge in [-0.1, -0.05) is 0 Å². The molecule has 0 aromatic heterocycles. The Morgan fingerprint density at radius 1 is 1.42 bits per heavy atom. The third kappa shape index (κ3) is 0.972. The molecule has 0 radical (unpaired) electrons. The van der Waals surface area contributed by atoms with Crippen molar-refractivity contribution in [1.82, 2.24) is 15.1 Å². The summed E-state index contributed by atoms with van der Waals surface area (Å²) in [7, 11) is 1.95. The van der Waals surface area contributed by atoms with Crippen LogP contribution in [0.25, 0.3) is 0 Å². The average molecular weight is 169 g/mol. The number of nitrogens with one attached hydrogen (secondary N) is 1. The van der Waals surface area contributed by atoms with E-state index in [1.807, 2.05) is 7.05 Å². The van der Waals surface area contributed by atoms with Gasteiger partial charge in [-0.3, -0.25) is 10.1 Å². The van der Waals surface area contributed by atoms with E-state index in [1.165, 1.54) is 0 Å². The lowest BCUT2D eigenvalue weighted by Gasteiger charge is -2.32. The Labute approximate surface area is 70.3 Å². The van der Waals surface area contributed by atoms with Crippen LogP contribution in [0.15, 0.2) is 0 Å². The molecule has 66 valence electrons. The molecule has 2 rings (SSSR count). The van der Waals surface area contributed by atoms with Gasteiger partial charge in [0.15, 0.2) is 0 Å². The predicted octanol–water partition coefficient (Wildman–Crippen LogP) is -1.15. The van der Waals surface area contributed by atoms with Gasteiger partial charge in [0, 0.05) is 19.6 Å². The normalized spacial score (nSPS) is 30.4. The van der Waals surface area contributed by atoms with E-state index >= 15 is 0 Å². The molecule has 5 heteroatoms. The number of imide groups is 1. The molecule has 1 N–H and O–H groups in total. The first-order chi connectivity index (χ1) is 5.68. The summed E-state index contributed by atoms with van der Waals surface area (Å²) in [6, 6.07) is -0.491. The molecule has 0 aromatic carbocycles. The Morgan fingerprint density at radius 2 is 2.17 bits per heavy atom. The summed E-state index contributed by atoms with van der Waals surface area (Å²) < 4.78 is 0. The fourth-order valence-electron chi connectivity index (χ4n) is 1.65. The highest BCUT2D eigenvalue weighted by atomic mass is 16.2. The molecule has 5 nitrogen and oxygen atoms in total. The highest BCUT2D eigenvalue weighted by Gasteiger charge is 2.40. The van der Waals surface area contributed by atoms with Gasteiger partial charge in [-0.15, -0.1) is 0 Å². The lowest BCUT2D eigenvalue weighted by atomic mass is 10.2. The number of amides is 3. The van der Waals surface area contributed by atoms with Crippen LogP contribution in [-0.2, 0) is 4.79 Å². The van der Waals surface area contributed by atoms with E-state index in [1.54, 1.807) is 4.90 Å². The van der Waals surface area contributed by atoms with Crippen LogP contribution in [0.4, 0.5) is 4.79 Å². The van der Waals surface area contributed by atoms with E-state index < -0.39 is 0 Å². The lowest BCUT2D eigenvalue weighted by Crippen LogP contribution is -2.51. The van der Waals surface area contributed by atoms with Crippen LogP contribution >= 0.6 is 0 Å². The zero-order valence-electron chi connectivity index (χ0n) is 6.91. The van der Waals surface area contributed by atoms with Gasteiger partial charge < -0.3 is 9.80 Å². The Hall–Kier alpha value is -1.10. The van der Waals surface area contributed by atoms with Crippen molar-refractivity contribution in [3.63, 3.8) is 0 Å².